The molecule has 3 heteroatoms. The second-order valence-corrected chi connectivity index (χ2v) is 6.62. The molecular weight excluding hydrogens is 268 g/mol. The van der Waals surface area contributed by atoms with Gasteiger partial charge >= 0.3 is 0 Å². The molecule has 0 amide bonds. The van der Waals surface area contributed by atoms with Crippen LogP contribution in [0.1, 0.15) is 44.1 Å². The summed E-state index contributed by atoms with van der Waals surface area (Å²) in [5.41, 5.74) is 2.63. The fourth-order valence-electron chi connectivity index (χ4n) is 4.09. The van der Waals surface area contributed by atoms with Gasteiger partial charge in [-0.2, -0.15) is 0 Å². The molecule has 1 heterocycles. The van der Waals surface area contributed by atoms with Crippen molar-refractivity contribution >= 4 is 17.3 Å². The summed E-state index contributed by atoms with van der Waals surface area (Å²) in [7, 11) is 1.99. The minimum atomic E-state index is 0.742. The molecule has 3 rings (SSSR count). The van der Waals surface area contributed by atoms with Gasteiger partial charge in [-0.1, -0.05) is 30.5 Å². The van der Waals surface area contributed by atoms with Crippen molar-refractivity contribution in [2.45, 2.75) is 51.1 Å². The highest BCUT2D eigenvalue weighted by Gasteiger charge is 2.34. The Kier molecular flexibility index (Phi) is 4.52. The molecule has 0 radical (unpaired) electrons. The standard InChI is InChI=1S/C17H25ClN2/c1-19-12-14-15(18)8-4-10-17(14)20-11-5-7-13-6-2-3-9-16(13)20/h4,8,10,13,16,19H,2-3,5-7,9,11-12H2,1H3. The molecule has 2 aliphatic rings. The number of rotatable bonds is 3. The van der Waals surface area contributed by atoms with Gasteiger partial charge in [0.05, 0.1) is 0 Å². The lowest BCUT2D eigenvalue weighted by molar-refractivity contribution is 0.243. The normalized spacial score (nSPS) is 26.4. The number of fused-ring (bicyclic) bond motifs is 1. The summed E-state index contributed by atoms with van der Waals surface area (Å²) in [5.74, 6) is 0.902. The molecule has 1 N–H and O–H groups in total. The Hall–Kier alpha value is -0.730. The van der Waals surface area contributed by atoms with Crippen molar-refractivity contribution in [2.24, 2.45) is 5.92 Å². The van der Waals surface area contributed by atoms with E-state index in [4.69, 9.17) is 11.6 Å². The van der Waals surface area contributed by atoms with E-state index in [1.54, 1.807) is 0 Å². The quantitative estimate of drug-likeness (QED) is 0.897. The highest BCUT2D eigenvalue weighted by molar-refractivity contribution is 6.31. The molecule has 1 aromatic rings. The maximum absolute atomic E-state index is 6.44. The third-order valence-corrected chi connectivity index (χ3v) is 5.35. The topological polar surface area (TPSA) is 15.3 Å². The molecule has 1 saturated heterocycles. The van der Waals surface area contributed by atoms with Crippen LogP contribution in [-0.4, -0.2) is 19.6 Å². The van der Waals surface area contributed by atoms with Gasteiger partial charge in [0.1, 0.15) is 0 Å². The summed E-state index contributed by atoms with van der Waals surface area (Å²) in [4.78, 5) is 2.66. The number of piperidine rings is 1. The number of hydrogen-bond acceptors (Lipinski definition) is 2. The lowest BCUT2D eigenvalue weighted by atomic mass is 9.78. The molecule has 2 atom stereocenters. The van der Waals surface area contributed by atoms with Crippen LogP contribution in [-0.2, 0) is 6.54 Å². The van der Waals surface area contributed by atoms with Crippen LogP contribution < -0.4 is 10.2 Å². The molecular formula is C17H25ClN2. The summed E-state index contributed by atoms with van der Waals surface area (Å²) >= 11 is 6.44. The minimum absolute atomic E-state index is 0.742. The van der Waals surface area contributed by atoms with Crippen LogP contribution in [0.4, 0.5) is 5.69 Å². The zero-order valence-electron chi connectivity index (χ0n) is 12.4. The van der Waals surface area contributed by atoms with Gasteiger partial charge in [-0.15, -0.1) is 0 Å². The first-order valence-electron chi connectivity index (χ1n) is 8.00. The number of nitrogens with one attached hydrogen (secondary N) is 1. The predicted molar refractivity (Wildman–Crippen MR) is 86.5 cm³/mol. The van der Waals surface area contributed by atoms with Gasteiger partial charge in [0.2, 0.25) is 0 Å². The smallest absolute Gasteiger partial charge is 0.0471 e. The molecule has 110 valence electrons. The number of hydrogen-bond donors (Lipinski definition) is 1. The largest absolute Gasteiger partial charge is 0.368 e. The Morgan fingerprint density at radius 3 is 2.85 bits per heavy atom. The van der Waals surface area contributed by atoms with Crippen LogP contribution in [0.2, 0.25) is 5.02 Å². The zero-order valence-corrected chi connectivity index (χ0v) is 13.1. The number of halogens is 1. The average Bonchev–Trinajstić information content (AvgIpc) is 2.49. The molecule has 20 heavy (non-hydrogen) atoms. The van der Waals surface area contributed by atoms with Crippen molar-refractivity contribution in [3.05, 3.63) is 28.8 Å². The summed E-state index contributed by atoms with van der Waals surface area (Å²) in [6.45, 7) is 2.04. The summed E-state index contributed by atoms with van der Waals surface area (Å²) in [5, 5.41) is 4.16. The maximum atomic E-state index is 6.44. The Balaban J connectivity index is 1.92. The van der Waals surface area contributed by atoms with E-state index in [-0.39, 0.29) is 0 Å². The first-order valence-corrected chi connectivity index (χ1v) is 8.37. The first-order chi connectivity index (χ1) is 9.81. The highest BCUT2D eigenvalue weighted by atomic mass is 35.5. The van der Waals surface area contributed by atoms with Crippen molar-refractivity contribution in [2.75, 3.05) is 18.5 Å². The van der Waals surface area contributed by atoms with Gasteiger partial charge in [-0.05, 0) is 50.8 Å². The second kappa shape index (κ2) is 6.36. The molecule has 2 unspecified atom stereocenters. The monoisotopic (exact) mass is 292 g/mol. The van der Waals surface area contributed by atoms with Crippen molar-refractivity contribution in [1.29, 1.82) is 0 Å². The van der Waals surface area contributed by atoms with E-state index in [0.29, 0.717) is 0 Å². The molecule has 1 aromatic carbocycles. The average molecular weight is 293 g/mol. The maximum Gasteiger partial charge on any atom is 0.0471 e. The van der Waals surface area contributed by atoms with E-state index >= 15 is 0 Å². The van der Waals surface area contributed by atoms with Gasteiger partial charge in [0.15, 0.2) is 0 Å². The van der Waals surface area contributed by atoms with Crippen molar-refractivity contribution in [3.8, 4) is 0 Å². The van der Waals surface area contributed by atoms with Crippen molar-refractivity contribution in [1.82, 2.24) is 5.32 Å². The summed E-state index contributed by atoms with van der Waals surface area (Å²) in [6, 6.07) is 7.12. The van der Waals surface area contributed by atoms with Gasteiger partial charge in [0, 0.05) is 35.4 Å². The summed E-state index contributed by atoms with van der Waals surface area (Å²) in [6.07, 6.45) is 8.34. The fraction of sp³-hybridized carbons (Fsp3) is 0.647. The minimum Gasteiger partial charge on any atom is -0.368 e. The lowest BCUT2D eigenvalue weighted by Crippen LogP contribution is -2.47. The van der Waals surface area contributed by atoms with E-state index in [0.717, 1.165) is 23.5 Å². The van der Waals surface area contributed by atoms with E-state index in [2.05, 4.69) is 22.3 Å². The third-order valence-electron chi connectivity index (χ3n) is 5.00. The Morgan fingerprint density at radius 2 is 2.00 bits per heavy atom. The van der Waals surface area contributed by atoms with Crippen LogP contribution in [0, 0.1) is 5.92 Å². The molecule has 0 spiro atoms. The lowest BCUT2D eigenvalue weighted by Gasteiger charge is -2.46. The van der Waals surface area contributed by atoms with E-state index in [1.165, 1.54) is 56.3 Å². The van der Waals surface area contributed by atoms with Crippen molar-refractivity contribution < 1.29 is 0 Å². The number of benzene rings is 1. The molecule has 2 nitrogen and oxygen atoms in total. The summed E-state index contributed by atoms with van der Waals surface area (Å²) < 4.78 is 0. The number of anilines is 1. The predicted octanol–water partition coefficient (Wildman–Crippen LogP) is 4.22. The van der Waals surface area contributed by atoms with Crippen LogP contribution in [0.3, 0.4) is 0 Å². The van der Waals surface area contributed by atoms with Gasteiger partial charge in [0.25, 0.3) is 0 Å². The van der Waals surface area contributed by atoms with Gasteiger partial charge < -0.3 is 10.2 Å². The molecule has 2 fully saturated rings. The van der Waals surface area contributed by atoms with Crippen LogP contribution in [0.25, 0.3) is 0 Å². The highest BCUT2D eigenvalue weighted by Crippen LogP contribution is 2.39. The SMILES string of the molecule is CNCc1c(Cl)cccc1N1CCCC2CCCCC21. The van der Waals surface area contributed by atoms with E-state index in [9.17, 15) is 0 Å². The first kappa shape index (κ1) is 14.2. The molecule has 1 saturated carbocycles. The molecule has 1 aliphatic heterocycles. The van der Waals surface area contributed by atoms with Crippen LogP contribution >= 0.6 is 11.6 Å². The van der Waals surface area contributed by atoms with E-state index < -0.39 is 0 Å². The van der Waals surface area contributed by atoms with Crippen LogP contribution in [0.5, 0.6) is 0 Å². The van der Waals surface area contributed by atoms with Crippen molar-refractivity contribution in [3.63, 3.8) is 0 Å². The zero-order chi connectivity index (χ0) is 13.9. The third kappa shape index (κ3) is 2.68. The number of nitrogens with zero attached hydrogens (tertiary/aromatic N) is 1. The fourth-order valence-corrected chi connectivity index (χ4v) is 4.33. The molecule has 1 aliphatic carbocycles. The van der Waals surface area contributed by atoms with E-state index in [1.807, 2.05) is 13.1 Å². The molecule has 0 aromatic heterocycles. The van der Waals surface area contributed by atoms with Crippen LogP contribution in [0.15, 0.2) is 18.2 Å². The second-order valence-electron chi connectivity index (χ2n) is 6.22. The Bertz CT molecular complexity index is 458. The Morgan fingerprint density at radius 1 is 1.20 bits per heavy atom. The van der Waals surface area contributed by atoms with Gasteiger partial charge in [-0.3, -0.25) is 0 Å². The molecule has 0 bridgehead atoms. The Labute approximate surface area is 127 Å². The van der Waals surface area contributed by atoms with Gasteiger partial charge in [-0.25, -0.2) is 0 Å².